The highest BCUT2D eigenvalue weighted by Gasteiger charge is 2.17. The van der Waals surface area contributed by atoms with Gasteiger partial charge in [0, 0.05) is 0 Å². The summed E-state index contributed by atoms with van der Waals surface area (Å²) in [5.41, 5.74) is 2.82. The smallest absolute Gasteiger partial charge is 0.340 e. The highest BCUT2D eigenvalue weighted by atomic mass is 16.5. The van der Waals surface area contributed by atoms with E-state index in [1.165, 1.54) is 0 Å². The molecule has 3 aromatic carbocycles. The molecule has 0 aliphatic rings. The topological polar surface area (TPSA) is 81.7 Å². The summed E-state index contributed by atoms with van der Waals surface area (Å²) < 4.78 is 10.2. The van der Waals surface area contributed by atoms with E-state index in [9.17, 15) is 14.4 Å². The summed E-state index contributed by atoms with van der Waals surface area (Å²) in [5, 5.41) is 2.59. The molecule has 0 aliphatic carbocycles. The molecule has 6 nitrogen and oxygen atoms in total. The number of esters is 2. The third-order valence-electron chi connectivity index (χ3n) is 4.51. The molecule has 0 unspecified atom stereocenters. The summed E-state index contributed by atoms with van der Waals surface area (Å²) in [6.07, 6.45) is 0.575. The lowest BCUT2D eigenvalue weighted by atomic mass is 10.00. The van der Waals surface area contributed by atoms with Crippen LogP contribution in [0.25, 0.3) is 0 Å². The first-order valence-electron chi connectivity index (χ1n) is 9.93. The molecule has 6 heteroatoms. The molecular formula is C25H23NO5. The first-order valence-corrected chi connectivity index (χ1v) is 9.93. The van der Waals surface area contributed by atoms with E-state index < -0.39 is 24.5 Å². The van der Waals surface area contributed by atoms with Crippen molar-refractivity contribution >= 4 is 23.5 Å². The van der Waals surface area contributed by atoms with Crippen molar-refractivity contribution < 1.29 is 23.9 Å². The van der Waals surface area contributed by atoms with Crippen molar-refractivity contribution in [1.29, 1.82) is 0 Å². The van der Waals surface area contributed by atoms with Gasteiger partial charge in [-0.2, -0.15) is 0 Å². The average molecular weight is 417 g/mol. The van der Waals surface area contributed by atoms with Crippen molar-refractivity contribution in [2.24, 2.45) is 0 Å². The molecule has 0 aliphatic heterocycles. The molecule has 3 rings (SSSR count). The number of ether oxygens (including phenoxy) is 2. The van der Waals surface area contributed by atoms with E-state index in [2.05, 4.69) is 5.32 Å². The summed E-state index contributed by atoms with van der Waals surface area (Å²) in [7, 11) is 0. The number of amides is 1. The first-order chi connectivity index (χ1) is 15.1. The van der Waals surface area contributed by atoms with Crippen LogP contribution in [-0.2, 0) is 20.7 Å². The minimum absolute atomic E-state index is 0.223. The summed E-state index contributed by atoms with van der Waals surface area (Å²) in [6, 6.07) is 23.4. The Hall–Kier alpha value is -3.93. The Bertz CT molecular complexity index is 1060. The van der Waals surface area contributed by atoms with Gasteiger partial charge in [-0.05, 0) is 42.7 Å². The van der Waals surface area contributed by atoms with Crippen LogP contribution >= 0.6 is 0 Å². The van der Waals surface area contributed by atoms with Crippen LogP contribution in [-0.4, -0.2) is 31.1 Å². The Morgan fingerprint density at radius 3 is 2.10 bits per heavy atom. The third-order valence-corrected chi connectivity index (χ3v) is 4.51. The molecule has 0 bridgehead atoms. The highest BCUT2D eigenvalue weighted by molar-refractivity contribution is 6.02. The zero-order valence-electron chi connectivity index (χ0n) is 17.2. The molecule has 0 saturated heterocycles. The summed E-state index contributed by atoms with van der Waals surface area (Å²) in [6.45, 7) is 1.45. The Morgan fingerprint density at radius 1 is 0.742 bits per heavy atom. The second kappa shape index (κ2) is 10.7. The van der Waals surface area contributed by atoms with Crippen molar-refractivity contribution in [2.45, 2.75) is 13.3 Å². The molecule has 0 aromatic heterocycles. The molecule has 1 N–H and O–H groups in total. The molecule has 0 spiro atoms. The van der Waals surface area contributed by atoms with Gasteiger partial charge in [0.15, 0.2) is 6.61 Å². The normalized spacial score (nSPS) is 10.2. The molecular weight excluding hydrogens is 394 g/mol. The van der Waals surface area contributed by atoms with Crippen molar-refractivity contribution in [3.05, 3.63) is 101 Å². The van der Waals surface area contributed by atoms with Gasteiger partial charge in [0.25, 0.3) is 5.91 Å². The van der Waals surface area contributed by atoms with Gasteiger partial charge in [-0.3, -0.25) is 4.79 Å². The maximum absolute atomic E-state index is 12.6. The Balaban J connectivity index is 1.63. The fraction of sp³-hybridized carbons (Fsp3) is 0.160. The predicted molar refractivity (Wildman–Crippen MR) is 117 cm³/mol. The SMILES string of the molecule is CCOC(=O)c1ccccc1NC(=O)COC(=O)c1ccccc1Cc1ccccc1. The molecule has 31 heavy (non-hydrogen) atoms. The van der Waals surface area contributed by atoms with Crippen LogP contribution < -0.4 is 5.32 Å². The number of para-hydroxylation sites is 1. The lowest BCUT2D eigenvalue weighted by Crippen LogP contribution is -2.22. The Labute approximate surface area is 180 Å². The minimum Gasteiger partial charge on any atom is -0.462 e. The fourth-order valence-corrected chi connectivity index (χ4v) is 3.06. The van der Waals surface area contributed by atoms with Crippen LogP contribution in [0.4, 0.5) is 5.69 Å². The predicted octanol–water partition coefficient (Wildman–Crippen LogP) is 4.25. The standard InChI is InChI=1S/C25H23NO5/c1-2-30-25(29)21-14-8-9-15-22(21)26-23(27)17-31-24(28)20-13-7-6-12-19(20)16-18-10-4-3-5-11-18/h3-15H,2,16-17H2,1H3,(H,26,27). The van der Waals surface area contributed by atoms with Gasteiger partial charge in [-0.15, -0.1) is 0 Å². The molecule has 0 saturated carbocycles. The number of anilines is 1. The number of rotatable bonds is 8. The monoisotopic (exact) mass is 417 g/mol. The number of carbonyl (C=O) groups excluding carboxylic acids is 3. The molecule has 3 aromatic rings. The molecule has 158 valence electrons. The molecule has 0 heterocycles. The van der Waals surface area contributed by atoms with Crippen LogP contribution in [0.2, 0.25) is 0 Å². The fourth-order valence-electron chi connectivity index (χ4n) is 3.06. The van der Waals surface area contributed by atoms with Gasteiger partial charge in [-0.1, -0.05) is 60.7 Å². The zero-order chi connectivity index (χ0) is 22.1. The quantitative estimate of drug-likeness (QED) is 0.554. The van der Waals surface area contributed by atoms with Crippen LogP contribution in [0.15, 0.2) is 78.9 Å². The molecule has 0 atom stereocenters. The van der Waals surface area contributed by atoms with Gasteiger partial charge in [0.1, 0.15) is 0 Å². The minimum atomic E-state index is -0.583. The number of benzene rings is 3. The van der Waals surface area contributed by atoms with Gasteiger partial charge in [0.05, 0.1) is 23.4 Å². The molecule has 1 amide bonds. The Morgan fingerprint density at radius 2 is 1.35 bits per heavy atom. The summed E-state index contributed by atoms with van der Waals surface area (Å²) in [5.74, 6) is -1.67. The molecule has 0 fully saturated rings. The van der Waals surface area contributed by atoms with Crippen molar-refractivity contribution in [3.63, 3.8) is 0 Å². The van der Waals surface area contributed by atoms with E-state index in [1.54, 1.807) is 43.3 Å². The number of nitrogens with one attached hydrogen (secondary N) is 1. The van der Waals surface area contributed by atoms with E-state index in [-0.39, 0.29) is 12.2 Å². The third kappa shape index (κ3) is 6.02. The number of carbonyl (C=O) groups is 3. The Kier molecular flexibility index (Phi) is 7.54. The lowest BCUT2D eigenvalue weighted by Gasteiger charge is -2.12. The first kappa shape index (κ1) is 21.8. The summed E-state index contributed by atoms with van der Waals surface area (Å²) in [4.78, 5) is 36.9. The van der Waals surface area contributed by atoms with Crippen molar-refractivity contribution in [1.82, 2.24) is 0 Å². The maximum Gasteiger partial charge on any atom is 0.340 e. The summed E-state index contributed by atoms with van der Waals surface area (Å²) >= 11 is 0. The second-order valence-electron chi connectivity index (χ2n) is 6.71. The van der Waals surface area contributed by atoms with E-state index in [0.29, 0.717) is 17.7 Å². The van der Waals surface area contributed by atoms with Crippen molar-refractivity contribution in [3.8, 4) is 0 Å². The zero-order valence-corrected chi connectivity index (χ0v) is 17.2. The van der Waals surface area contributed by atoms with E-state index in [4.69, 9.17) is 9.47 Å². The number of hydrogen-bond donors (Lipinski definition) is 1. The lowest BCUT2D eigenvalue weighted by molar-refractivity contribution is -0.119. The van der Waals surface area contributed by atoms with Crippen LogP contribution in [0.3, 0.4) is 0 Å². The van der Waals surface area contributed by atoms with Crippen LogP contribution in [0.1, 0.15) is 38.8 Å². The largest absolute Gasteiger partial charge is 0.462 e. The van der Waals surface area contributed by atoms with Gasteiger partial charge >= 0.3 is 11.9 Å². The van der Waals surface area contributed by atoms with Crippen LogP contribution in [0.5, 0.6) is 0 Å². The van der Waals surface area contributed by atoms with E-state index in [0.717, 1.165) is 11.1 Å². The highest BCUT2D eigenvalue weighted by Crippen LogP contribution is 2.17. The van der Waals surface area contributed by atoms with E-state index >= 15 is 0 Å². The average Bonchev–Trinajstić information content (AvgIpc) is 2.79. The van der Waals surface area contributed by atoms with Crippen LogP contribution in [0, 0.1) is 0 Å². The number of hydrogen-bond acceptors (Lipinski definition) is 5. The van der Waals surface area contributed by atoms with Crippen molar-refractivity contribution in [2.75, 3.05) is 18.5 Å². The molecule has 0 radical (unpaired) electrons. The van der Waals surface area contributed by atoms with Gasteiger partial charge in [0.2, 0.25) is 0 Å². The maximum atomic E-state index is 12.6. The van der Waals surface area contributed by atoms with E-state index in [1.807, 2.05) is 42.5 Å². The van der Waals surface area contributed by atoms with Gasteiger partial charge in [-0.25, -0.2) is 9.59 Å². The van der Waals surface area contributed by atoms with Gasteiger partial charge < -0.3 is 14.8 Å². The second-order valence-corrected chi connectivity index (χ2v) is 6.71.